The van der Waals surface area contributed by atoms with E-state index in [2.05, 4.69) is 5.32 Å². The second-order valence-electron chi connectivity index (χ2n) is 1.90. The van der Waals surface area contributed by atoms with Crippen LogP contribution in [0.3, 0.4) is 0 Å². The second kappa shape index (κ2) is 2.05. The summed E-state index contributed by atoms with van der Waals surface area (Å²) in [5.41, 5.74) is 5.38. The molecule has 1 atom stereocenters. The van der Waals surface area contributed by atoms with Crippen LogP contribution in [-0.4, -0.2) is 24.7 Å². The maximum atomic E-state index is 5.38. The Balaban J connectivity index is 2.38. The average Bonchev–Trinajstić information content (AvgIpc) is 2.14. The van der Waals surface area contributed by atoms with Gasteiger partial charge in [-0.15, -0.1) is 0 Å². The van der Waals surface area contributed by atoms with Crippen LogP contribution in [0, 0.1) is 0 Å². The van der Waals surface area contributed by atoms with Gasteiger partial charge in [-0.2, -0.15) is 0 Å². The minimum absolute atomic E-state index is 0.315. The Morgan fingerprint density at radius 2 is 2.62 bits per heavy atom. The van der Waals surface area contributed by atoms with Gasteiger partial charge < -0.3 is 16.0 Å². The molecule has 1 rings (SSSR count). The van der Waals surface area contributed by atoms with E-state index in [0.717, 1.165) is 0 Å². The fraction of sp³-hybridized carbons (Fsp3) is 0.600. The molecule has 0 bridgehead atoms. The van der Waals surface area contributed by atoms with Gasteiger partial charge in [0, 0.05) is 26.0 Å². The Kier molecular flexibility index (Phi) is 1.39. The summed E-state index contributed by atoms with van der Waals surface area (Å²) in [6.07, 6.45) is 4.18. The quantitative estimate of drug-likeness (QED) is 0.471. The molecule has 0 saturated carbocycles. The number of nitrogens with zero attached hydrogens (tertiary/aromatic N) is 1. The van der Waals surface area contributed by atoms with E-state index < -0.39 is 0 Å². The fourth-order valence-corrected chi connectivity index (χ4v) is 0.727. The van der Waals surface area contributed by atoms with Gasteiger partial charge in [0.25, 0.3) is 0 Å². The Labute approximate surface area is 49.2 Å². The van der Waals surface area contributed by atoms with Gasteiger partial charge >= 0.3 is 0 Å². The van der Waals surface area contributed by atoms with Crippen molar-refractivity contribution in [2.45, 2.75) is 6.17 Å². The van der Waals surface area contributed by atoms with Gasteiger partial charge in [0.15, 0.2) is 0 Å². The topological polar surface area (TPSA) is 41.3 Å². The van der Waals surface area contributed by atoms with Crippen molar-refractivity contribution in [3.05, 3.63) is 12.4 Å². The summed E-state index contributed by atoms with van der Waals surface area (Å²) < 4.78 is 0. The summed E-state index contributed by atoms with van der Waals surface area (Å²) >= 11 is 0. The Hall–Kier alpha value is -0.700. The predicted molar refractivity (Wildman–Crippen MR) is 32.9 cm³/mol. The number of nitrogens with two attached hydrogens (primary N) is 1. The molecule has 1 aliphatic heterocycles. The van der Waals surface area contributed by atoms with Crippen LogP contribution in [0.2, 0.25) is 0 Å². The van der Waals surface area contributed by atoms with E-state index in [4.69, 9.17) is 5.73 Å². The van der Waals surface area contributed by atoms with Crippen molar-refractivity contribution >= 4 is 0 Å². The first-order valence-corrected chi connectivity index (χ1v) is 2.69. The molecule has 46 valence electrons. The molecule has 0 aromatic rings. The lowest BCUT2D eigenvalue weighted by Crippen LogP contribution is -2.39. The molecule has 1 heterocycles. The maximum Gasteiger partial charge on any atom is 0.110 e. The van der Waals surface area contributed by atoms with Gasteiger partial charge in [0.1, 0.15) is 6.17 Å². The SMILES string of the molecule is CN1C=CNC1CN. The number of likely N-dealkylation sites (N-methyl/N-ethyl adjacent to an activating group) is 1. The van der Waals surface area contributed by atoms with E-state index in [9.17, 15) is 0 Å². The average molecular weight is 113 g/mol. The second-order valence-corrected chi connectivity index (χ2v) is 1.90. The molecule has 0 spiro atoms. The summed E-state index contributed by atoms with van der Waals surface area (Å²) in [6, 6.07) is 0. The standard InChI is InChI=1S/C5H11N3/c1-8-3-2-7-5(8)4-6/h2-3,5,7H,4,6H2,1H3. The zero-order valence-electron chi connectivity index (χ0n) is 4.96. The zero-order chi connectivity index (χ0) is 5.98. The van der Waals surface area contributed by atoms with Crippen LogP contribution in [0.1, 0.15) is 0 Å². The number of hydrogen-bond donors (Lipinski definition) is 2. The number of rotatable bonds is 1. The molecule has 0 radical (unpaired) electrons. The molecule has 0 aromatic heterocycles. The molecule has 0 amide bonds. The van der Waals surface area contributed by atoms with Gasteiger partial charge in [-0.05, 0) is 0 Å². The van der Waals surface area contributed by atoms with Crippen molar-refractivity contribution < 1.29 is 0 Å². The first-order valence-electron chi connectivity index (χ1n) is 2.69. The van der Waals surface area contributed by atoms with Crippen LogP contribution in [0.5, 0.6) is 0 Å². The van der Waals surface area contributed by atoms with Gasteiger partial charge in [-0.1, -0.05) is 0 Å². The lowest BCUT2D eigenvalue weighted by atomic mass is 10.5. The Morgan fingerprint density at radius 1 is 1.88 bits per heavy atom. The predicted octanol–water partition coefficient (Wildman–Crippen LogP) is -0.723. The molecule has 1 unspecified atom stereocenters. The van der Waals surface area contributed by atoms with Gasteiger partial charge in [0.05, 0.1) is 0 Å². The van der Waals surface area contributed by atoms with E-state index >= 15 is 0 Å². The first-order chi connectivity index (χ1) is 3.84. The maximum absolute atomic E-state index is 5.38. The van der Waals surface area contributed by atoms with Crippen LogP contribution in [-0.2, 0) is 0 Å². The Morgan fingerprint density at radius 3 is 2.88 bits per heavy atom. The lowest BCUT2D eigenvalue weighted by molar-refractivity contribution is 0.338. The van der Waals surface area contributed by atoms with E-state index in [-0.39, 0.29) is 0 Å². The molecular weight excluding hydrogens is 102 g/mol. The summed E-state index contributed by atoms with van der Waals surface area (Å²) in [4.78, 5) is 2.04. The molecule has 0 saturated heterocycles. The van der Waals surface area contributed by atoms with E-state index in [1.807, 2.05) is 24.3 Å². The van der Waals surface area contributed by atoms with E-state index in [0.29, 0.717) is 12.7 Å². The highest BCUT2D eigenvalue weighted by molar-refractivity contribution is 4.92. The normalized spacial score (nSPS) is 26.2. The molecule has 0 aromatic carbocycles. The summed E-state index contributed by atoms with van der Waals surface area (Å²) in [5, 5.41) is 3.08. The van der Waals surface area contributed by atoms with Crippen molar-refractivity contribution in [2.75, 3.05) is 13.6 Å². The third-order valence-electron chi connectivity index (χ3n) is 1.31. The highest BCUT2D eigenvalue weighted by Crippen LogP contribution is 1.96. The van der Waals surface area contributed by atoms with Gasteiger partial charge in [-0.3, -0.25) is 0 Å². The third-order valence-corrected chi connectivity index (χ3v) is 1.31. The lowest BCUT2D eigenvalue weighted by Gasteiger charge is -2.18. The third kappa shape index (κ3) is 0.767. The largest absolute Gasteiger partial charge is 0.369 e. The van der Waals surface area contributed by atoms with Crippen LogP contribution < -0.4 is 11.1 Å². The van der Waals surface area contributed by atoms with E-state index in [1.54, 1.807) is 0 Å². The van der Waals surface area contributed by atoms with Crippen molar-refractivity contribution in [3.63, 3.8) is 0 Å². The van der Waals surface area contributed by atoms with Crippen molar-refractivity contribution in [3.8, 4) is 0 Å². The minimum atomic E-state index is 0.315. The molecule has 3 N–H and O–H groups in total. The van der Waals surface area contributed by atoms with Crippen molar-refractivity contribution in [2.24, 2.45) is 5.73 Å². The summed E-state index contributed by atoms with van der Waals surface area (Å²) in [7, 11) is 1.99. The molecule has 3 nitrogen and oxygen atoms in total. The van der Waals surface area contributed by atoms with Crippen molar-refractivity contribution in [1.82, 2.24) is 10.2 Å². The van der Waals surface area contributed by atoms with Crippen LogP contribution >= 0.6 is 0 Å². The van der Waals surface area contributed by atoms with E-state index in [1.165, 1.54) is 0 Å². The highest BCUT2D eigenvalue weighted by atomic mass is 15.3. The monoisotopic (exact) mass is 113 g/mol. The molecule has 0 aliphatic carbocycles. The van der Waals surface area contributed by atoms with Crippen LogP contribution in [0.4, 0.5) is 0 Å². The fourth-order valence-electron chi connectivity index (χ4n) is 0.727. The summed E-state index contributed by atoms with van der Waals surface area (Å²) in [6.45, 7) is 0.656. The summed E-state index contributed by atoms with van der Waals surface area (Å²) in [5.74, 6) is 0. The molecule has 1 aliphatic rings. The van der Waals surface area contributed by atoms with Gasteiger partial charge in [0.2, 0.25) is 0 Å². The highest BCUT2D eigenvalue weighted by Gasteiger charge is 2.10. The minimum Gasteiger partial charge on any atom is -0.369 e. The number of nitrogens with one attached hydrogen (secondary N) is 1. The molecule has 8 heavy (non-hydrogen) atoms. The zero-order valence-corrected chi connectivity index (χ0v) is 4.96. The Bertz CT molecular complexity index is 99.8. The first kappa shape index (κ1) is 5.44. The van der Waals surface area contributed by atoms with Gasteiger partial charge in [-0.25, -0.2) is 0 Å². The smallest absolute Gasteiger partial charge is 0.110 e. The molecule has 3 heteroatoms. The molecular formula is C5H11N3. The van der Waals surface area contributed by atoms with Crippen LogP contribution in [0.15, 0.2) is 12.4 Å². The van der Waals surface area contributed by atoms with Crippen molar-refractivity contribution in [1.29, 1.82) is 0 Å². The van der Waals surface area contributed by atoms with Crippen LogP contribution in [0.25, 0.3) is 0 Å². The molecule has 0 fully saturated rings. The number of hydrogen-bond acceptors (Lipinski definition) is 3.